The second kappa shape index (κ2) is 10.0. The number of hydrogen-bond acceptors (Lipinski definition) is 6. The maximum atomic E-state index is 12.6. The molecule has 1 saturated heterocycles. The fourth-order valence-corrected chi connectivity index (χ4v) is 7.49. The SMILES string of the molecule is Cc1cc(-c2cn(-c3ccc(NS(=O)C4CC4)cc3N3CCC4(CC3)CC4)nn2)nc(C(O)C2CCCC2)c1. The van der Waals surface area contributed by atoms with E-state index in [0.29, 0.717) is 11.1 Å². The number of pyridine rings is 1. The molecule has 2 N–H and O–H groups in total. The number of aliphatic hydroxyl groups excluding tert-OH is 1. The second-order valence-electron chi connectivity index (χ2n) is 12.3. The van der Waals surface area contributed by atoms with Crippen LogP contribution in [0.4, 0.5) is 11.4 Å². The van der Waals surface area contributed by atoms with Crippen LogP contribution in [0.15, 0.2) is 36.5 Å². The smallest absolute Gasteiger partial charge is 0.131 e. The van der Waals surface area contributed by atoms with E-state index in [0.717, 1.165) is 72.8 Å². The van der Waals surface area contributed by atoms with E-state index < -0.39 is 17.1 Å². The topological polar surface area (TPSA) is 96.2 Å². The molecule has 3 heterocycles. The molecular formula is C30H38N6O2S. The Hall–Kier alpha value is -2.78. The summed E-state index contributed by atoms with van der Waals surface area (Å²) in [5.74, 6) is 0.283. The Labute approximate surface area is 232 Å². The third-order valence-electron chi connectivity index (χ3n) is 9.28. The highest BCUT2D eigenvalue weighted by molar-refractivity contribution is 7.87. The van der Waals surface area contributed by atoms with Crippen molar-refractivity contribution in [3.63, 3.8) is 0 Å². The molecule has 3 aliphatic carbocycles. The molecule has 3 saturated carbocycles. The normalized spacial score (nSPS) is 22.3. The Morgan fingerprint density at radius 2 is 1.77 bits per heavy atom. The van der Waals surface area contributed by atoms with Crippen LogP contribution in [0.1, 0.15) is 81.6 Å². The van der Waals surface area contributed by atoms with E-state index in [4.69, 9.17) is 4.98 Å². The van der Waals surface area contributed by atoms with Gasteiger partial charge in [0.25, 0.3) is 0 Å². The Morgan fingerprint density at radius 3 is 2.49 bits per heavy atom. The minimum atomic E-state index is -1.04. The van der Waals surface area contributed by atoms with Crippen molar-refractivity contribution in [2.45, 2.75) is 82.5 Å². The van der Waals surface area contributed by atoms with E-state index >= 15 is 0 Å². The lowest BCUT2D eigenvalue weighted by molar-refractivity contribution is 0.107. The predicted molar refractivity (Wildman–Crippen MR) is 154 cm³/mol. The molecule has 8 nitrogen and oxygen atoms in total. The molecule has 7 rings (SSSR count). The molecule has 1 spiro atoms. The van der Waals surface area contributed by atoms with Crippen molar-refractivity contribution in [3.8, 4) is 17.1 Å². The van der Waals surface area contributed by atoms with Crippen LogP contribution >= 0.6 is 0 Å². The standard InChI is InChI=1S/C30H38N6O2S/c1-20-16-24(31-25(17-20)29(37)21-4-2-3-5-21)26-19-36(34-32-26)27-9-6-22(33-39(38)23-7-8-23)18-28(27)35-14-12-30(10-11-30)13-15-35/h6,9,16-19,21,23,29,33,37H,2-5,7-8,10-15H2,1H3. The van der Waals surface area contributed by atoms with Crippen LogP contribution in [0.25, 0.3) is 17.1 Å². The molecule has 2 unspecified atom stereocenters. The van der Waals surface area contributed by atoms with E-state index in [1.807, 2.05) is 36.0 Å². The van der Waals surface area contributed by atoms with Gasteiger partial charge in [0.05, 0.1) is 40.3 Å². The van der Waals surface area contributed by atoms with Gasteiger partial charge in [-0.2, -0.15) is 0 Å². The van der Waals surface area contributed by atoms with Crippen molar-refractivity contribution < 1.29 is 9.32 Å². The summed E-state index contributed by atoms with van der Waals surface area (Å²) in [6, 6.07) is 10.2. The van der Waals surface area contributed by atoms with Gasteiger partial charge in [-0.1, -0.05) is 18.1 Å². The third-order valence-corrected chi connectivity index (χ3v) is 10.8. The summed E-state index contributed by atoms with van der Waals surface area (Å²) in [7, 11) is -1.04. The number of aromatic nitrogens is 4. The zero-order valence-corrected chi connectivity index (χ0v) is 23.5. The molecule has 2 aromatic heterocycles. The predicted octanol–water partition coefficient (Wildman–Crippen LogP) is 5.48. The Bertz CT molecular complexity index is 1380. The minimum Gasteiger partial charge on any atom is -0.387 e. The van der Waals surface area contributed by atoms with E-state index in [1.54, 1.807) is 0 Å². The van der Waals surface area contributed by atoms with Gasteiger partial charge in [-0.25, -0.2) is 13.9 Å². The molecule has 3 aromatic rings. The molecule has 1 aliphatic heterocycles. The number of nitrogens with one attached hydrogen (secondary N) is 1. The van der Waals surface area contributed by atoms with Crippen molar-refractivity contribution in [1.29, 1.82) is 0 Å². The highest BCUT2D eigenvalue weighted by Crippen LogP contribution is 2.54. The number of hydrogen-bond donors (Lipinski definition) is 2. The van der Waals surface area contributed by atoms with Gasteiger partial charge in [0.1, 0.15) is 16.7 Å². The molecule has 4 aliphatic rings. The number of anilines is 2. The van der Waals surface area contributed by atoms with Gasteiger partial charge in [0.15, 0.2) is 0 Å². The van der Waals surface area contributed by atoms with Crippen molar-refractivity contribution in [2.75, 3.05) is 22.7 Å². The summed E-state index contributed by atoms with van der Waals surface area (Å²) < 4.78 is 17.7. The Kier molecular flexibility index (Phi) is 6.46. The van der Waals surface area contributed by atoms with Crippen LogP contribution in [0, 0.1) is 18.3 Å². The van der Waals surface area contributed by atoms with E-state index in [-0.39, 0.29) is 11.2 Å². The van der Waals surface area contributed by atoms with Crippen molar-refractivity contribution in [3.05, 3.63) is 47.8 Å². The lowest BCUT2D eigenvalue weighted by Gasteiger charge is -2.35. The molecular weight excluding hydrogens is 508 g/mol. The highest BCUT2D eigenvalue weighted by Gasteiger charge is 2.44. The molecule has 0 radical (unpaired) electrons. The lowest BCUT2D eigenvalue weighted by atomic mass is 9.93. The first kappa shape index (κ1) is 25.2. The summed E-state index contributed by atoms with van der Waals surface area (Å²) in [6.07, 6.45) is 13.1. The number of aliphatic hydroxyl groups is 1. The lowest BCUT2D eigenvalue weighted by Crippen LogP contribution is -2.35. The van der Waals surface area contributed by atoms with Crippen molar-refractivity contribution >= 4 is 22.4 Å². The van der Waals surface area contributed by atoms with Crippen molar-refractivity contribution in [2.24, 2.45) is 11.3 Å². The average molecular weight is 547 g/mol. The maximum Gasteiger partial charge on any atom is 0.131 e. The molecule has 206 valence electrons. The van der Waals surface area contributed by atoms with E-state index in [2.05, 4.69) is 32.1 Å². The van der Waals surface area contributed by atoms with Gasteiger partial charge in [0.2, 0.25) is 0 Å². The first-order valence-electron chi connectivity index (χ1n) is 14.6. The summed E-state index contributed by atoms with van der Waals surface area (Å²) in [4.78, 5) is 7.29. The summed E-state index contributed by atoms with van der Waals surface area (Å²) in [5.41, 5.74) is 6.74. The number of rotatable bonds is 8. The minimum absolute atomic E-state index is 0.273. The molecule has 4 fully saturated rings. The van der Waals surface area contributed by atoms with Gasteiger partial charge in [0, 0.05) is 18.8 Å². The summed E-state index contributed by atoms with van der Waals surface area (Å²) in [5, 5.41) is 20.3. The van der Waals surface area contributed by atoms with E-state index in [9.17, 15) is 9.32 Å². The number of nitrogens with zero attached hydrogens (tertiary/aromatic N) is 5. The fourth-order valence-electron chi connectivity index (χ4n) is 6.40. The fraction of sp³-hybridized carbons (Fsp3) is 0.567. The Balaban J connectivity index is 1.19. The van der Waals surface area contributed by atoms with Crippen LogP contribution in [0.3, 0.4) is 0 Å². The highest BCUT2D eigenvalue weighted by atomic mass is 32.2. The monoisotopic (exact) mass is 546 g/mol. The van der Waals surface area contributed by atoms with Gasteiger partial charge >= 0.3 is 0 Å². The molecule has 2 atom stereocenters. The first-order chi connectivity index (χ1) is 19.0. The Morgan fingerprint density at radius 1 is 1.00 bits per heavy atom. The van der Waals surface area contributed by atoms with Crippen LogP contribution in [-0.4, -0.2) is 47.6 Å². The van der Waals surface area contributed by atoms with Crippen LogP contribution in [0.5, 0.6) is 0 Å². The van der Waals surface area contributed by atoms with Gasteiger partial charge in [-0.3, -0.25) is 0 Å². The third kappa shape index (κ3) is 5.23. The quantitative estimate of drug-likeness (QED) is 0.388. The van der Waals surface area contributed by atoms with Gasteiger partial charge in [-0.15, -0.1) is 5.10 Å². The number of piperidine rings is 1. The maximum absolute atomic E-state index is 12.6. The molecule has 0 amide bonds. The largest absolute Gasteiger partial charge is 0.387 e. The molecule has 0 bridgehead atoms. The molecule has 9 heteroatoms. The number of aryl methyl sites for hydroxylation is 1. The first-order valence-corrected chi connectivity index (χ1v) is 15.8. The van der Waals surface area contributed by atoms with Crippen molar-refractivity contribution in [1.82, 2.24) is 20.0 Å². The number of benzene rings is 1. The van der Waals surface area contributed by atoms with Crippen LogP contribution in [0.2, 0.25) is 0 Å². The molecule has 1 aromatic carbocycles. The summed E-state index contributed by atoms with van der Waals surface area (Å²) in [6.45, 7) is 4.08. The van der Waals surface area contributed by atoms with Gasteiger partial charge in [-0.05, 0) is 106 Å². The second-order valence-corrected chi connectivity index (χ2v) is 13.7. The zero-order valence-electron chi connectivity index (χ0n) is 22.7. The van der Waals surface area contributed by atoms with Crippen LogP contribution < -0.4 is 9.62 Å². The molecule has 39 heavy (non-hydrogen) atoms. The zero-order chi connectivity index (χ0) is 26.6. The van der Waals surface area contributed by atoms with Crippen LogP contribution in [-0.2, 0) is 11.0 Å². The van der Waals surface area contributed by atoms with E-state index in [1.165, 1.54) is 38.5 Å². The van der Waals surface area contributed by atoms with Gasteiger partial charge < -0.3 is 14.7 Å². The average Bonchev–Trinajstić information content (AvgIpc) is 3.81. The summed E-state index contributed by atoms with van der Waals surface area (Å²) >= 11 is 0.